The third-order valence-electron chi connectivity index (χ3n) is 3.66. The summed E-state index contributed by atoms with van der Waals surface area (Å²) in [5.41, 5.74) is 6.78. The molecule has 0 radical (unpaired) electrons. The van der Waals surface area contributed by atoms with Crippen molar-refractivity contribution in [2.24, 2.45) is 5.73 Å². The lowest BCUT2D eigenvalue weighted by atomic mass is 10.2. The van der Waals surface area contributed by atoms with Crippen LogP contribution in [0.5, 0.6) is 11.5 Å². The van der Waals surface area contributed by atoms with Crippen molar-refractivity contribution in [2.75, 3.05) is 7.11 Å². The summed E-state index contributed by atoms with van der Waals surface area (Å²) in [4.78, 5) is 0. The van der Waals surface area contributed by atoms with Crippen LogP contribution in [-0.2, 0) is 6.54 Å². The Morgan fingerprint density at radius 3 is 2.28 bits per heavy atom. The van der Waals surface area contributed by atoms with Crippen LogP contribution in [0.1, 0.15) is 26.3 Å². The fourth-order valence-corrected chi connectivity index (χ4v) is 2.42. The first-order valence-electron chi connectivity index (χ1n) is 6.27. The van der Waals surface area contributed by atoms with E-state index in [0.717, 1.165) is 17.1 Å². The van der Waals surface area contributed by atoms with Crippen LogP contribution in [0, 0.1) is 0 Å². The lowest BCUT2D eigenvalue weighted by Crippen LogP contribution is -2.44. The zero-order valence-corrected chi connectivity index (χ0v) is 13.3. The van der Waals surface area contributed by atoms with E-state index in [-0.39, 0.29) is 5.04 Å². The van der Waals surface area contributed by atoms with Crippen LogP contribution in [0.4, 0.5) is 0 Å². The Bertz CT molecular complexity index is 411. The van der Waals surface area contributed by atoms with E-state index in [1.807, 2.05) is 18.2 Å². The topological polar surface area (TPSA) is 44.5 Å². The van der Waals surface area contributed by atoms with Gasteiger partial charge in [0.25, 0.3) is 0 Å². The molecule has 1 aromatic carbocycles. The Morgan fingerprint density at radius 1 is 1.22 bits per heavy atom. The molecule has 0 heterocycles. The van der Waals surface area contributed by atoms with Crippen LogP contribution < -0.4 is 14.9 Å². The molecule has 0 saturated heterocycles. The molecular formula is C14H25NO2Si. The minimum absolute atomic E-state index is 0.179. The molecule has 102 valence electrons. The molecule has 0 fully saturated rings. The van der Waals surface area contributed by atoms with Gasteiger partial charge in [-0.2, -0.15) is 0 Å². The first kappa shape index (κ1) is 15.1. The summed E-state index contributed by atoms with van der Waals surface area (Å²) >= 11 is 0. The smallest absolute Gasteiger partial charge is 0.250 e. The molecule has 0 aliphatic heterocycles. The van der Waals surface area contributed by atoms with Gasteiger partial charge in [0, 0.05) is 12.1 Å². The summed E-state index contributed by atoms with van der Waals surface area (Å²) in [7, 11) is -0.161. The van der Waals surface area contributed by atoms with E-state index in [4.69, 9.17) is 14.9 Å². The summed E-state index contributed by atoms with van der Waals surface area (Å²) in [5.74, 6) is 1.71. The van der Waals surface area contributed by atoms with Crippen molar-refractivity contribution in [1.29, 1.82) is 0 Å². The third kappa shape index (κ3) is 3.27. The highest BCUT2D eigenvalue weighted by atomic mass is 28.4. The highest BCUT2D eigenvalue weighted by molar-refractivity contribution is 6.74. The number of methoxy groups -OCH3 is 1. The zero-order chi connectivity index (χ0) is 14.0. The van der Waals surface area contributed by atoms with Gasteiger partial charge in [0.2, 0.25) is 8.32 Å². The van der Waals surface area contributed by atoms with Gasteiger partial charge in [0.15, 0.2) is 0 Å². The van der Waals surface area contributed by atoms with Crippen LogP contribution >= 0.6 is 0 Å². The van der Waals surface area contributed by atoms with Crippen molar-refractivity contribution < 1.29 is 9.16 Å². The average molecular weight is 267 g/mol. The number of benzene rings is 1. The average Bonchev–Trinajstić information content (AvgIpc) is 2.27. The summed E-state index contributed by atoms with van der Waals surface area (Å²) in [6.45, 7) is 11.6. The molecule has 0 atom stereocenters. The fraction of sp³-hybridized carbons (Fsp3) is 0.571. The quantitative estimate of drug-likeness (QED) is 0.849. The second-order valence-electron chi connectivity index (χ2n) is 6.04. The molecule has 0 aromatic heterocycles. The van der Waals surface area contributed by atoms with Crippen LogP contribution in [0.2, 0.25) is 18.1 Å². The van der Waals surface area contributed by atoms with Crippen molar-refractivity contribution in [1.82, 2.24) is 0 Å². The SMILES string of the molecule is COc1ccc(O[Si](C)(C)C(C)(C)C)c(CN)c1. The van der Waals surface area contributed by atoms with E-state index in [1.165, 1.54) is 0 Å². The van der Waals surface area contributed by atoms with Gasteiger partial charge >= 0.3 is 0 Å². The molecular weight excluding hydrogens is 242 g/mol. The molecule has 0 amide bonds. The molecule has 0 spiro atoms. The number of hydrogen-bond donors (Lipinski definition) is 1. The lowest BCUT2D eigenvalue weighted by molar-refractivity contribution is 0.412. The molecule has 2 N–H and O–H groups in total. The highest BCUT2D eigenvalue weighted by Gasteiger charge is 2.39. The zero-order valence-electron chi connectivity index (χ0n) is 12.3. The Morgan fingerprint density at radius 2 is 1.83 bits per heavy atom. The van der Waals surface area contributed by atoms with Crippen molar-refractivity contribution in [3.05, 3.63) is 23.8 Å². The Balaban J connectivity index is 3.04. The van der Waals surface area contributed by atoms with Crippen molar-refractivity contribution in [2.45, 2.75) is 45.4 Å². The molecule has 3 nitrogen and oxygen atoms in total. The maximum Gasteiger partial charge on any atom is 0.250 e. The number of hydrogen-bond acceptors (Lipinski definition) is 3. The van der Waals surface area contributed by atoms with Crippen molar-refractivity contribution in [3.8, 4) is 11.5 Å². The summed E-state index contributed by atoms with van der Waals surface area (Å²) in [6.07, 6.45) is 0. The second-order valence-corrected chi connectivity index (χ2v) is 10.8. The van der Waals surface area contributed by atoms with E-state index in [1.54, 1.807) is 7.11 Å². The number of ether oxygens (including phenoxy) is 1. The number of nitrogens with two attached hydrogens (primary N) is 1. The molecule has 1 rings (SSSR count). The summed E-state index contributed by atoms with van der Waals surface area (Å²) < 4.78 is 11.5. The summed E-state index contributed by atoms with van der Waals surface area (Å²) in [5, 5.41) is 0.179. The maximum absolute atomic E-state index is 6.29. The van der Waals surface area contributed by atoms with Gasteiger partial charge in [-0.3, -0.25) is 0 Å². The van der Waals surface area contributed by atoms with Crippen molar-refractivity contribution in [3.63, 3.8) is 0 Å². The van der Waals surface area contributed by atoms with E-state index in [9.17, 15) is 0 Å². The first-order valence-corrected chi connectivity index (χ1v) is 9.18. The Hall–Kier alpha value is -1.00. The van der Waals surface area contributed by atoms with Crippen LogP contribution in [-0.4, -0.2) is 15.4 Å². The number of rotatable bonds is 4. The standard InChI is InChI=1S/C14H25NO2Si/c1-14(2,3)18(5,6)17-13-8-7-12(16-4)9-11(13)10-15/h7-9H,10,15H2,1-6H3. The van der Waals surface area contributed by atoms with Gasteiger partial charge in [0.05, 0.1) is 7.11 Å². The van der Waals surface area contributed by atoms with E-state index >= 15 is 0 Å². The van der Waals surface area contributed by atoms with Gasteiger partial charge in [-0.25, -0.2) is 0 Å². The molecule has 0 aliphatic carbocycles. The predicted octanol–water partition coefficient (Wildman–Crippen LogP) is 3.54. The van der Waals surface area contributed by atoms with Gasteiger partial charge in [0.1, 0.15) is 11.5 Å². The van der Waals surface area contributed by atoms with E-state index in [2.05, 4.69) is 33.9 Å². The van der Waals surface area contributed by atoms with Crippen molar-refractivity contribution >= 4 is 8.32 Å². The normalized spacial score (nSPS) is 12.4. The molecule has 0 unspecified atom stereocenters. The third-order valence-corrected chi connectivity index (χ3v) is 8.00. The minimum Gasteiger partial charge on any atom is -0.543 e. The maximum atomic E-state index is 6.29. The van der Waals surface area contributed by atoms with Crippen LogP contribution in [0.15, 0.2) is 18.2 Å². The van der Waals surface area contributed by atoms with Gasteiger partial charge in [-0.05, 0) is 36.3 Å². The van der Waals surface area contributed by atoms with E-state index in [0.29, 0.717) is 6.54 Å². The van der Waals surface area contributed by atoms with Gasteiger partial charge in [-0.15, -0.1) is 0 Å². The molecule has 0 bridgehead atoms. The van der Waals surface area contributed by atoms with Gasteiger partial charge < -0.3 is 14.9 Å². The molecule has 0 aliphatic rings. The molecule has 1 aromatic rings. The molecule has 0 saturated carbocycles. The minimum atomic E-state index is -1.82. The fourth-order valence-electron chi connectivity index (χ4n) is 1.37. The first-order chi connectivity index (χ1) is 8.21. The summed E-state index contributed by atoms with van der Waals surface area (Å²) in [6, 6.07) is 5.83. The molecule has 4 heteroatoms. The monoisotopic (exact) mass is 267 g/mol. The second kappa shape index (κ2) is 5.32. The Labute approximate surface area is 111 Å². The van der Waals surface area contributed by atoms with Crippen LogP contribution in [0.25, 0.3) is 0 Å². The van der Waals surface area contributed by atoms with E-state index < -0.39 is 8.32 Å². The molecule has 18 heavy (non-hydrogen) atoms. The Kier molecular flexibility index (Phi) is 4.45. The predicted molar refractivity (Wildman–Crippen MR) is 78.7 cm³/mol. The van der Waals surface area contributed by atoms with Crippen LogP contribution in [0.3, 0.4) is 0 Å². The highest BCUT2D eigenvalue weighted by Crippen LogP contribution is 2.38. The largest absolute Gasteiger partial charge is 0.543 e. The lowest BCUT2D eigenvalue weighted by Gasteiger charge is -2.37. The van der Waals surface area contributed by atoms with Gasteiger partial charge in [-0.1, -0.05) is 20.8 Å².